The zero-order valence-corrected chi connectivity index (χ0v) is 15.3. The van der Waals surface area contributed by atoms with E-state index in [1.54, 1.807) is 66.7 Å². The van der Waals surface area contributed by atoms with Crippen LogP contribution in [0, 0.1) is 0 Å². The van der Waals surface area contributed by atoms with Crippen LogP contribution in [0.5, 0.6) is 5.75 Å². The molecular formula is C21H17ClN2O3. The highest BCUT2D eigenvalue weighted by Crippen LogP contribution is 2.28. The second kappa shape index (κ2) is 8.38. The highest BCUT2D eigenvalue weighted by Gasteiger charge is 2.14. The molecule has 0 aliphatic carbocycles. The Balaban J connectivity index is 1.79. The monoisotopic (exact) mass is 380 g/mol. The molecule has 2 N–H and O–H groups in total. The third-order valence-electron chi connectivity index (χ3n) is 3.87. The van der Waals surface area contributed by atoms with Gasteiger partial charge in [0.05, 0.1) is 23.4 Å². The summed E-state index contributed by atoms with van der Waals surface area (Å²) in [6.45, 7) is 0. The lowest BCUT2D eigenvalue weighted by Gasteiger charge is -2.12. The number of carbonyl (C=O) groups is 2. The molecule has 3 aromatic rings. The van der Waals surface area contributed by atoms with Crippen LogP contribution in [-0.2, 0) is 0 Å². The number of anilines is 2. The van der Waals surface area contributed by atoms with Crippen molar-refractivity contribution in [1.82, 2.24) is 0 Å². The molecule has 2 amide bonds. The molecule has 0 aromatic heterocycles. The van der Waals surface area contributed by atoms with Crippen molar-refractivity contribution >= 4 is 34.8 Å². The third-order valence-corrected chi connectivity index (χ3v) is 4.16. The van der Waals surface area contributed by atoms with E-state index >= 15 is 0 Å². The Kier molecular flexibility index (Phi) is 5.74. The van der Waals surface area contributed by atoms with Crippen LogP contribution >= 0.6 is 11.6 Å². The average Bonchev–Trinajstić information content (AvgIpc) is 2.69. The van der Waals surface area contributed by atoms with Crippen molar-refractivity contribution in [3.05, 3.63) is 88.9 Å². The van der Waals surface area contributed by atoms with Gasteiger partial charge in [-0.05, 0) is 42.5 Å². The molecule has 0 spiro atoms. The van der Waals surface area contributed by atoms with Crippen molar-refractivity contribution in [2.45, 2.75) is 0 Å². The lowest BCUT2D eigenvalue weighted by molar-refractivity contribution is 0.102. The van der Waals surface area contributed by atoms with Crippen LogP contribution in [0.3, 0.4) is 0 Å². The van der Waals surface area contributed by atoms with Crippen LogP contribution in [0.4, 0.5) is 11.4 Å². The molecule has 0 saturated carbocycles. The van der Waals surface area contributed by atoms with E-state index in [0.717, 1.165) is 0 Å². The smallest absolute Gasteiger partial charge is 0.257 e. The van der Waals surface area contributed by atoms with Crippen molar-refractivity contribution in [2.75, 3.05) is 17.7 Å². The predicted octanol–water partition coefficient (Wildman–Crippen LogP) is 4.85. The van der Waals surface area contributed by atoms with E-state index in [-0.39, 0.29) is 11.8 Å². The van der Waals surface area contributed by atoms with Gasteiger partial charge in [0.1, 0.15) is 5.75 Å². The SMILES string of the molecule is COc1ccc(NC(=O)c2ccccc2NC(=O)c2ccccc2)cc1Cl. The summed E-state index contributed by atoms with van der Waals surface area (Å²) in [6.07, 6.45) is 0. The zero-order valence-electron chi connectivity index (χ0n) is 14.5. The van der Waals surface area contributed by atoms with Gasteiger partial charge in [0.15, 0.2) is 0 Å². The standard InChI is InChI=1S/C21H17ClN2O3/c1-27-19-12-11-15(13-17(19)22)23-21(26)16-9-5-6-10-18(16)24-20(25)14-7-3-2-4-8-14/h2-13H,1H3,(H,23,26)(H,24,25). The van der Waals surface area contributed by atoms with Gasteiger partial charge in [0.25, 0.3) is 11.8 Å². The maximum Gasteiger partial charge on any atom is 0.257 e. The summed E-state index contributed by atoms with van der Waals surface area (Å²) in [5, 5.41) is 5.94. The molecule has 6 heteroatoms. The number of benzene rings is 3. The van der Waals surface area contributed by atoms with Crippen LogP contribution in [-0.4, -0.2) is 18.9 Å². The predicted molar refractivity (Wildman–Crippen MR) is 107 cm³/mol. The first-order valence-electron chi connectivity index (χ1n) is 8.19. The van der Waals surface area contributed by atoms with Gasteiger partial charge in [0, 0.05) is 11.3 Å². The number of halogens is 1. The summed E-state index contributed by atoms with van der Waals surface area (Å²) in [7, 11) is 1.52. The van der Waals surface area contributed by atoms with Crippen LogP contribution in [0.15, 0.2) is 72.8 Å². The van der Waals surface area contributed by atoms with Gasteiger partial charge < -0.3 is 15.4 Å². The Hall–Kier alpha value is -3.31. The molecular weight excluding hydrogens is 364 g/mol. The minimum Gasteiger partial charge on any atom is -0.495 e. The summed E-state index contributed by atoms with van der Waals surface area (Å²) >= 11 is 6.09. The normalized spacial score (nSPS) is 10.1. The van der Waals surface area contributed by atoms with Crippen molar-refractivity contribution in [3.63, 3.8) is 0 Å². The summed E-state index contributed by atoms with van der Waals surface area (Å²) in [6, 6.07) is 20.6. The zero-order chi connectivity index (χ0) is 19.2. The molecule has 0 aliphatic heterocycles. The number of para-hydroxylation sites is 1. The summed E-state index contributed by atoms with van der Waals surface area (Å²) in [5.74, 6) is -0.131. The molecule has 0 unspecified atom stereocenters. The molecule has 0 aliphatic rings. The fourth-order valence-electron chi connectivity index (χ4n) is 2.52. The summed E-state index contributed by atoms with van der Waals surface area (Å²) in [4.78, 5) is 25.1. The molecule has 0 heterocycles. The van der Waals surface area contributed by atoms with Gasteiger partial charge in [0.2, 0.25) is 0 Å². The number of hydrogen-bond donors (Lipinski definition) is 2. The first-order chi connectivity index (χ1) is 13.1. The molecule has 0 bridgehead atoms. The first-order valence-corrected chi connectivity index (χ1v) is 8.56. The second-order valence-electron chi connectivity index (χ2n) is 5.67. The second-order valence-corrected chi connectivity index (χ2v) is 6.08. The lowest BCUT2D eigenvalue weighted by Crippen LogP contribution is -2.18. The van der Waals surface area contributed by atoms with Gasteiger partial charge in [-0.1, -0.05) is 41.9 Å². The van der Waals surface area contributed by atoms with Gasteiger partial charge in [-0.3, -0.25) is 9.59 Å². The molecule has 3 aromatic carbocycles. The summed E-state index contributed by atoms with van der Waals surface area (Å²) < 4.78 is 5.10. The van der Waals surface area contributed by atoms with Crippen LogP contribution in [0.2, 0.25) is 5.02 Å². The first kappa shape index (κ1) is 18.5. The number of carbonyl (C=O) groups excluding carboxylic acids is 2. The van der Waals surface area contributed by atoms with Crippen molar-refractivity contribution in [1.29, 1.82) is 0 Å². The molecule has 0 saturated heterocycles. The number of methoxy groups -OCH3 is 1. The number of hydrogen-bond acceptors (Lipinski definition) is 3. The number of nitrogens with one attached hydrogen (secondary N) is 2. The van der Waals surface area contributed by atoms with E-state index in [4.69, 9.17) is 16.3 Å². The molecule has 3 rings (SSSR count). The Morgan fingerprint density at radius 1 is 0.852 bits per heavy atom. The van der Waals surface area contributed by atoms with E-state index in [9.17, 15) is 9.59 Å². The molecule has 136 valence electrons. The van der Waals surface area contributed by atoms with E-state index in [1.807, 2.05) is 6.07 Å². The van der Waals surface area contributed by atoms with E-state index in [2.05, 4.69) is 10.6 Å². The quantitative estimate of drug-likeness (QED) is 0.664. The van der Waals surface area contributed by atoms with E-state index in [0.29, 0.717) is 33.3 Å². The van der Waals surface area contributed by atoms with Crippen molar-refractivity contribution < 1.29 is 14.3 Å². The van der Waals surface area contributed by atoms with Crippen molar-refractivity contribution in [3.8, 4) is 5.75 Å². The fraction of sp³-hybridized carbons (Fsp3) is 0.0476. The Morgan fingerprint density at radius 2 is 1.56 bits per heavy atom. The van der Waals surface area contributed by atoms with Crippen molar-refractivity contribution in [2.24, 2.45) is 0 Å². The molecule has 27 heavy (non-hydrogen) atoms. The van der Waals surface area contributed by atoms with Gasteiger partial charge in [-0.25, -0.2) is 0 Å². The van der Waals surface area contributed by atoms with Gasteiger partial charge in [-0.15, -0.1) is 0 Å². The third kappa shape index (κ3) is 4.46. The average molecular weight is 381 g/mol. The van der Waals surface area contributed by atoms with Crippen LogP contribution in [0.25, 0.3) is 0 Å². The van der Waals surface area contributed by atoms with E-state index in [1.165, 1.54) is 7.11 Å². The summed E-state index contributed by atoms with van der Waals surface area (Å²) in [5.41, 5.74) is 1.79. The Bertz CT molecular complexity index is 974. The maximum atomic E-state index is 12.7. The maximum absolute atomic E-state index is 12.7. The largest absolute Gasteiger partial charge is 0.495 e. The molecule has 0 fully saturated rings. The van der Waals surface area contributed by atoms with E-state index < -0.39 is 0 Å². The minimum atomic E-state index is -0.361. The lowest BCUT2D eigenvalue weighted by atomic mass is 10.1. The molecule has 5 nitrogen and oxygen atoms in total. The van der Waals surface area contributed by atoms with Crippen LogP contribution in [0.1, 0.15) is 20.7 Å². The topological polar surface area (TPSA) is 67.4 Å². The fourth-order valence-corrected chi connectivity index (χ4v) is 2.77. The number of ether oxygens (including phenoxy) is 1. The Morgan fingerprint density at radius 3 is 2.26 bits per heavy atom. The highest BCUT2D eigenvalue weighted by atomic mass is 35.5. The van der Waals surface area contributed by atoms with Gasteiger partial charge >= 0.3 is 0 Å². The molecule has 0 atom stereocenters. The highest BCUT2D eigenvalue weighted by molar-refractivity contribution is 6.32. The number of amides is 2. The minimum absolute atomic E-state index is 0.289. The van der Waals surface area contributed by atoms with Gasteiger partial charge in [-0.2, -0.15) is 0 Å². The molecule has 0 radical (unpaired) electrons. The van der Waals surface area contributed by atoms with Crippen LogP contribution < -0.4 is 15.4 Å². The number of rotatable bonds is 5. The Labute approximate surface area is 161 Å².